The molecule has 184 valence electrons. The number of nitrogens with one attached hydrogen (secondary N) is 1. The first kappa shape index (κ1) is 23.9. The maximum absolute atomic E-state index is 10.3. The van der Waals surface area contributed by atoms with Crippen molar-refractivity contribution in [1.29, 1.82) is 0 Å². The monoisotopic (exact) mass is 472 g/mol. The van der Waals surface area contributed by atoms with E-state index in [4.69, 9.17) is 9.47 Å². The normalized spacial score (nSPS) is 25.5. The van der Waals surface area contributed by atoms with Gasteiger partial charge in [-0.1, -0.05) is 60.7 Å². The topological polar surface area (TPSA) is 54.0 Å². The summed E-state index contributed by atoms with van der Waals surface area (Å²) >= 11 is 0. The lowest BCUT2D eigenvalue weighted by Crippen LogP contribution is -2.68. The largest absolute Gasteiger partial charge is 0.497 e. The molecule has 3 saturated heterocycles. The Morgan fingerprint density at radius 1 is 0.943 bits per heavy atom. The minimum absolute atomic E-state index is 0.207. The molecule has 35 heavy (non-hydrogen) atoms. The number of methoxy groups -OCH3 is 2. The van der Waals surface area contributed by atoms with E-state index in [1.807, 2.05) is 12.1 Å². The van der Waals surface area contributed by atoms with Crippen LogP contribution < -0.4 is 14.8 Å². The number of fused-ring (bicyclic) bond motifs is 3. The van der Waals surface area contributed by atoms with Crippen LogP contribution in [0.5, 0.6) is 11.5 Å². The second-order valence-electron chi connectivity index (χ2n) is 9.73. The Morgan fingerprint density at radius 2 is 1.63 bits per heavy atom. The molecule has 6 rings (SSSR count). The first-order valence-electron chi connectivity index (χ1n) is 12.6. The Balaban J connectivity index is 1.52. The lowest BCUT2D eigenvalue weighted by atomic mass is 9.68. The Bertz CT molecular complexity index is 1050. The maximum Gasteiger partial charge on any atom is 0.123 e. The van der Waals surface area contributed by atoms with Crippen molar-refractivity contribution in [2.45, 2.75) is 43.4 Å². The third-order valence-electron chi connectivity index (χ3n) is 7.95. The van der Waals surface area contributed by atoms with Gasteiger partial charge in [-0.15, -0.1) is 0 Å². The van der Waals surface area contributed by atoms with Crippen LogP contribution in [0, 0.1) is 5.92 Å². The highest BCUT2D eigenvalue weighted by Gasteiger charge is 2.49. The molecule has 2 bridgehead atoms. The number of nitrogens with zero attached hydrogens (tertiary/aromatic N) is 1. The summed E-state index contributed by atoms with van der Waals surface area (Å²) in [5.41, 5.74) is 3.73. The smallest absolute Gasteiger partial charge is 0.123 e. The van der Waals surface area contributed by atoms with Crippen LogP contribution in [0.3, 0.4) is 0 Å². The van der Waals surface area contributed by atoms with Gasteiger partial charge in [0.15, 0.2) is 0 Å². The molecule has 5 nitrogen and oxygen atoms in total. The van der Waals surface area contributed by atoms with Gasteiger partial charge in [0.2, 0.25) is 0 Å². The van der Waals surface area contributed by atoms with Crippen molar-refractivity contribution < 1.29 is 14.6 Å². The Kier molecular flexibility index (Phi) is 7.37. The number of hydrogen-bond donors (Lipinski definition) is 2. The average Bonchev–Trinajstić information content (AvgIpc) is 2.93. The minimum atomic E-state index is 0.207. The number of aliphatic hydroxyl groups excluding tert-OH is 1. The first-order valence-corrected chi connectivity index (χ1v) is 12.6. The van der Waals surface area contributed by atoms with Crippen molar-refractivity contribution in [3.63, 3.8) is 0 Å². The van der Waals surface area contributed by atoms with E-state index in [0.29, 0.717) is 12.5 Å². The van der Waals surface area contributed by atoms with E-state index in [0.717, 1.165) is 36.4 Å². The van der Waals surface area contributed by atoms with Gasteiger partial charge < -0.3 is 19.9 Å². The molecule has 2 N–H and O–H groups in total. The number of hydrogen-bond acceptors (Lipinski definition) is 5. The van der Waals surface area contributed by atoms with E-state index in [-0.39, 0.29) is 30.7 Å². The summed E-state index contributed by atoms with van der Waals surface area (Å²) in [6.07, 6.45) is 2.17. The van der Waals surface area contributed by atoms with Crippen LogP contribution in [-0.4, -0.2) is 55.5 Å². The molecule has 3 aliphatic rings. The summed E-state index contributed by atoms with van der Waals surface area (Å²) in [6, 6.07) is 28.4. The third-order valence-corrected chi connectivity index (χ3v) is 7.95. The number of rotatable bonds is 9. The SMILES string of the molecule is COc1ccc(OC)c(CN[C@@H]2[C@@H]3CCN([C@H](CO)C3)[C@@H]2C(c2ccccc2)c2ccccc2)c1. The molecule has 3 heterocycles. The molecule has 5 atom stereocenters. The molecule has 0 radical (unpaired) electrons. The summed E-state index contributed by atoms with van der Waals surface area (Å²) < 4.78 is 11.1. The van der Waals surface area contributed by atoms with Crippen LogP contribution in [0.15, 0.2) is 78.9 Å². The molecule has 3 aromatic carbocycles. The summed E-state index contributed by atoms with van der Waals surface area (Å²) in [4.78, 5) is 2.57. The highest BCUT2D eigenvalue weighted by molar-refractivity contribution is 5.41. The van der Waals surface area contributed by atoms with E-state index in [1.165, 1.54) is 11.1 Å². The van der Waals surface area contributed by atoms with E-state index in [9.17, 15) is 5.11 Å². The zero-order valence-electron chi connectivity index (χ0n) is 20.6. The lowest BCUT2D eigenvalue weighted by molar-refractivity contribution is -0.0564. The molecule has 3 aromatic rings. The second-order valence-corrected chi connectivity index (χ2v) is 9.73. The van der Waals surface area contributed by atoms with Crippen molar-refractivity contribution in [2.75, 3.05) is 27.4 Å². The van der Waals surface area contributed by atoms with Gasteiger partial charge in [-0.3, -0.25) is 4.90 Å². The first-order chi connectivity index (χ1) is 17.2. The fourth-order valence-electron chi connectivity index (χ4n) is 6.33. The van der Waals surface area contributed by atoms with Gasteiger partial charge in [-0.2, -0.15) is 0 Å². The van der Waals surface area contributed by atoms with Gasteiger partial charge in [0, 0.05) is 36.2 Å². The Morgan fingerprint density at radius 3 is 2.23 bits per heavy atom. The zero-order valence-corrected chi connectivity index (χ0v) is 20.6. The van der Waals surface area contributed by atoms with E-state index >= 15 is 0 Å². The van der Waals surface area contributed by atoms with Gasteiger partial charge in [0.1, 0.15) is 11.5 Å². The van der Waals surface area contributed by atoms with Gasteiger partial charge in [-0.25, -0.2) is 0 Å². The fourth-order valence-corrected chi connectivity index (χ4v) is 6.33. The molecule has 0 spiro atoms. The highest BCUT2D eigenvalue weighted by Crippen LogP contribution is 2.44. The summed E-state index contributed by atoms with van der Waals surface area (Å²) in [5.74, 6) is 2.42. The molecule has 3 aliphatic heterocycles. The predicted molar refractivity (Wildman–Crippen MR) is 139 cm³/mol. The van der Waals surface area contributed by atoms with Crippen LogP contribution in [0.1, 0.15) is 35.4 Å². The van der Waals surface area contributed by atoms with Crippen LogP contribution >= 0.6 is 0 Å². The zero-order chi connectivity index (χ0) is 24.2. The molecule has 5 heteroatoms. The molecule has 0 amide bonds. The van der Waals surface area contributed by atoms with Crippen LogP contribution in [-0.2, 0) is 6.54 Å². The van der Waals surface area contributed by atoms with E-state index in [2.05, 4.69) is 76.9 Å². The number of aliphatic hydroxyl groups is 1. The Labute approximate surface area is 208 Å². The van der Waals surface area contributed by atoms with Crippen molar-refractivity contribution in [3.8, 4) is 11.5 Å². The van der Waals surface area contributed by atoms with Gasteiger partial charge in [0.05, 0.1) is 20.8 Å². The summed E-state index contributed by atoms with van der Waals surface area (Å²) in [7, 11) is 3.41. The second kappa shape index (κ2) is 10.8. The average molecular weight is 473 g/mol. The van der Waals surface area contributed by atoms with E-state index in [1.54, 1.807) is 14.2 Å². The van der Waals surface area contributed by atoms with Crippen LogP contribution in [0.4, 0.5) is 0 Å². The van der Waals surface area contributed by atoms with Gasteiger partial charge >= 0.3 is 0 Å². The summed E-state index contributed by atoms with van der Waals surface area (Å²) in [6.45, 7) is 1.93. The van der Waals surface area contributed by atoms with Crippen molar-refractivity contribution in [1.82, 2.24) is 10.2 Å². The molecule has 0 aliphatic carbocycles. The number of benzene rings is 3. The molecular formula is C30H36N2O3. The molecular weight excluding hydrogens is 436 g/mol. The van der Waals surface area contributed by atoms with Gasteiger partial charge in [-0.05, 0) is 54.6 Å². The maximum atomic E-state index is 10.3. The quantitative estimate of drug-likeness (QED) is 0.482. The molecule has 0 saturated carbocycles. The third kappa shape index (κ3) is 4.81. The van der Waals surface area contributed by atoms with Crippen molar-refractivity contribution >= 4 is 0 Å². The Hall–Kier alpha value is -2.86. The molecule has 1 unspecified atom stereocenters. The predicted octanol–water partition coefficient (Wildman–Crippen LogP) is 4.45. The van der Waals surface area contributed by atoms with E-state index < -0.39 is 0 Å². The highest BCUT2D eigenvalue weighted by atomic mass is 16.5. The standard InChI is InChI=1S/C30H36N2O3/c1-34-26-13-14-27(35-2)24(18-26)19-31-29-23-15-16-32(25(17-23)20-33)30(29)28(21-9-5-3-6-10-21)22-11-7-4-8-12-22/h3-14,18,23,25,28-31,33H,15-17,19-20H2,1-2H3/t23-,25+,29-,30-/m1/s1. The number of ether oxygens (including phenoxy) is 2. The van der Waals surface area contributed by atoms with Crippen molar-refractivity contribution in [3.05, 3.63) is 95.6 Å². The lowest BCUT2D eigenvalue weighted by Gasteiger charge is -2.57. The van der Waals surface area contributed by atoms with Crippen LogP contribution in [0.2, 0.25) is 0 Å². The summed E-state index contributed by atoms with van der Waals surface area (Å²) in [5, 5.41) is 14.2. The van der Waals surface area contributed by atoms with Crippen LogP contribution in [0.25, 0.3) is 0 Å². The number of piperidine rings is 3. The minimum Gasteiger partial charge on any atom is -0.497 e. The van der Waals surface area contributed by atoms with Crippen molar-refractivity contribution in [2.24, 2.45) is 5.92 Å². The molecule has 0 aromatic heterocycles. The fraction of sp³-hybridized carbons (Fsp3) is 0.400. The van der Waals surface area contributed by atoms with Gasteiger partial charge in [0.25, 0.3) is 0 Å². The molecule has 3 fully saturated rings.